The molecular formula is C46H34N4O4. The lowest BCUT2D eigenvalue weighted by Crippen LogP contribution is -2.33. The molecule has 54 heavy (non-hydrogen) atoms. The largest absolute Gasteiger partial charge is 0.480 e. The van der Waals surface area contributed by atoms with Crippen molar-refractivity contribution in [2.45, 2.75) is 12.8 Å². The van der Waals surface area contributed by atoms with Crippen LogP contribution in [0.4, 0.5) is 22.7 Å². The molecule has 0 radical (unpaired) electrons. The summed E-state index contributed by atoms with van der Waals surface area (Å²) < 4.78 is 11.5. The van der Waals surface area contributed by atoms with E-state index in [0.717, 1.165) is 44.0 Å². The quantitative estimate of drug-likeness (QED) is 0.100. The van der Waals surface area contributed by atoms with E-state index >= 15 is 0 Å². The van der Waals surface area contributed by atoms with Gasteiger partial charge in [0.15, 0.2) is 0 Å². The molecule has 2 heterocycles. The maximum atomic E-state index is 14.0. The van der Waals surface area contributed by atoms with Gasteiger partial charge < -0.3 is 19.3 Å². The van der Waals surface area contributed by atoms with Crippen LogP contribution in [0.5, 0.6) is 11.5 Å². The number of benzene rings is 6. The van der Waals surface area contributed by atoms with Crippen LogP contribution in [-0.4, -0.2) is 49.5 Å². The molecule has 6 aromatic carbocycles. The van der Waals surface area contributed by atoms with Gasteiger partial charge in [0.2, 0.25) is 0 Å². The molecule has 0 saturated heterocycles. The normalized spacial score (nSPS) is 14.8. The first-order chi connectivity index (χ1) is 26.6. The van der Waals surface area contributed by atoms with Crippen molar-refractivity contribution >= 4 is 67.5 Å². The van der Waals surface area contributed by atoms with Crippen LogP contribution in [0.2, 0.25) is 0 Å². The van der Waals surface area contributed by atoms with E-state index in [4.69, 9.17) is 32.3 Å². The minimum absolute atomic E-state index is 0.155. The number of hydrogen-bond donors (Lipinski definition) is 0. The van der Waals surface area contributed by atoms with Gasteiger partial charge in [-0.3, -0.25) is 9.59 Å². The van der Waals surface area contributed by atoms with E-state index in [1.54, 1.807) is 9.80 Å². The second-order valence-electron chi connectivity index (χ2n) is 12.8. The second kappa shape index (κ2) is 14.8. The molecule has 8 heteroatoms. The summed E-state index contributed by atoms with van der Waals surface area (Å²) in [6.07, 6.45) is 12.2. The van der Waals surface area contributed by atoms with Crippen molar-refractivity contribution in [2.75, 3.05) is 36.1 Å². The number of nitrogens with zero attached hydrogens (tertiary/aromatic N) is 4. The summed E-state index contributed by atoms with van der Waals surface area (Å²) in [4.78, 5) is 41.5. The molecule has 0 atom stereocenters. The van der Waals surface area contributed by atoms with Crippen molar-refractivity contribution in [3.63, 3.8) is 0 Å². The summed E-state index contributed by atoms with van der Waals surface area (Å²) in [5, 5.41) is 3.46. The number of para-hydroxylation sites is 2. The third-order valence-electron chi connectivity index (χ3n) is 9.61. The Bertz CT molecular complexity index is 2430. The predicted molar refractivity (Wildman–Crippen MR) is 216 cm³/mol. The molecule has 0 N–H and O–H groups in total. The number of carbonyl (C=O) groups excluding carboxylic acids is 2. The van der Waals surface area contributed by atoms with Crippen LogP contribution in [0.3, 0.4) is 0 Å². The fourth-order valence-electron chi connectivity index (χ4n) is 7.18. The van der Waals surface area contributed by atoms with E-state index < -0.39 is 0 Å². The fraction of sp³-hybridized carbons (Fsp3) is 0.130. The highest BCUT2D eigenvalue weighted by Crippen LogP contribution is 2.38. The number of rotatable bonds is 11. The zero-order valence-electron chi connectivity index (χ0n) is 29.4. The maximum absolute atomic E-state index is 14.0. The molecule has 0 unspecified atom stereocenters. The molecule has 2 aliphatic heterocycles. The van der Waals surface area contributed by atoms with Gasteiger partial charge in [0.05, 0.1) is 22.7 Å². The van der Waals surface area contributed by atoms with Crippen LogP contribution >= 0.6 is 0 Å². The van der Waals surface area contributed by atoms with Crippen molar-refractivity contribution in [1.29, 1.82) is 0 Å². The highest BCUT2D eigenvalue weighted by Gasteiger charge is 2.35. The second-order valence-corrected chi connectivity index (χ2v) is 12.8. The number of unbranched alkanes of at least 4 members (excludes halogenated alkanes) is 1. The number of amides is 2. The number of terminal acetylenes is 2. The van der Waals surface area contributed by atoms with E-state index in [1.807, 2.05) is 121 Å². The van der Waals surface area contributed by atoms with Crippen LogP contribution in [0.15, 0.2) is 131 Å². The van der Waals surface area contributed by atoms with Crippen LogP contribution < -0.4 is 19.3 Å². The van der Waals surface area contributed by atoms with Gasteiger partial charge in [0, 0.05) is 45.8 Å². The Morgan fingerprint density at radius 1 is 0.500 bits per heavy atom. The first kappa shape index (κ1) is 34.0. The van der Waals surface area contributed by atoms with E-state index in [2.05, 4.69) is 11.8 Å². The number of carbonyl (C=O) groups is 2. The first-order valence-corrected chi connectivity index (χ1v) is 17.7. The van der Waals surface area contributed by atoms with E-state index in [9.17, 15) is 9.59 Å². The minimum Gasteiger partial charge on any atom is -0.480 e. The van der Waals surface area contributed by atoms with Crippen molar-refractivity contribution in [3.05, 3.63) is 132 Å². The number of aliphatic imine (C=N–C) groups is 2. The molecule has 0 fully saturated rings. The van der Waals surface area contributed by atoms with Crippen molar-refractivity contribution in [2.24, 2.45) is 9.98 Å². The fourth-order valence-corrected chi connectivity index (χ4v) is 7.18. The van der Waals surface area contributed by atoms with Gasteiger partial charge in [0.1, 0.15) is 36.1 Å². The lowest BCUT2D eigenvalue weighted by molar-refractivity contribution is -0.113. The van der Waals surface area contributed by atoms with Gasteiger partial charge in [-0.1, -0.05) is 96.8 Å². The van der Waals surface area contributed by atoms with E-state index in [1.165, 1.54) is 0 Å². The zero-order valence-corrected chi connectivity index (χ0v) is 29.4. The van der Waals surface area contributed by atoms with E-state index in [0.29, 0.717) is 60.2 Å². The smallest absolute Gasteiger partial charge is 0.277 e. The number of ether oxygens (including phenoxy) is 2. The monoisotopic (exact) mass is 706 g/mol. The summed E-state index contributed by atoms with van der Waals surface area (Å²) in [5.41, 5.74) is 5.33. The summed E-state index contributed by atoms with van der Waals surface area (Å²) in [7, 11) is 0. The van der Waals surface area contributed by atoms with Crippen LogP contribution in [0.1, 0.15) is 24.0 Å². The SMILES string of the molecule is C#CCOc1cccc2c(N=C3C(=O)N(CCCCN4C(=O)C(=Nc5cccc6c(OCC#C)cccc56)c5ccccc54)c4ccccc43)cccc12. The summed E-state index contributed by atoms with van der Waals surface area (Å²) >= 11 is 0. The van der Waals surface area contributed by atoms with E-state index in [-0.39, 0.29) is 25.0 Å². The minimum atomic E-state index is -0.159. The lowest BCUT2D eigenvalue weighted by Gasteiger charge is -2.19. The maximum Gasteiger partial charge on any atom is 0.277 e. The van der Waals surface area contributed by atoms with Gasteiger partial charge in [0.25, 0.3) is 11.8 Å². The third-order valence-corrected chi connectivity index (χ3v) is 9.61. The van der Waals surface area contributed by atoms with Crippen molar-refractivity contribution in [1.82, 2.24) is 0 Å². The van der Waals surface area contributed by atoms with Crippen molar-refractivity contribution in [3.8, 4) is 36.2 Å². The lowest BCUT2D eigenvalue weighted by atomic mass is 10.1. The molecule has 0 bridgehead atoms. The Morgan fingerprint density at radius 3 is 1.35 bits per heavy atom. The highest BCUT2D eigenvalue weighted by molar-refractivity contribution is 6.55. The highest BCUT2D eigenvalue weighted by atomic mass is 16.5. The molecule has 2 amide bonds. The summed E-state index contributed by atoms with van der Waals surface area (Å²) in [6, 6.07) is 38.4. The standard InChI is InChI=1S/C46H34N4O4/c1-3-29-53-41-25-13-17-31-33(41)19-11-21-37(31)47-43-35-15-5-7-23-39(35)49(45(43)51)27-9-10-28-50-40-24-8-6-16-36(40)44(46(50)52)48-38-22-12-20-34-32(38)18-14-26-42(34)54-30-4-2/h1-2,5-8,11-26H,9-10,27-30H2. The van der Waals surface area contributed by atoms with Crippen LogP contribution in [-0.2, 0) is 9.59 Å². The molecule has 0 aliphatic carbocycles. The molecule has 262 valence electrons. The molecule has 0 saturated carbocycles. The number of fused-ring (bicyclic) bond motifs is 4. The van der Waals surface area contributed by atoms with Gasteiger partial charge in [-0.05, 0) is 49.2 Å². The Balaban J connectivity index is 1.00. The molecule has 2 aliphatic rings. The van der Waals surface area contributed by atoms with Gasteiger partial charge in [-0.25, -0.2) is 9.98 Å². The number of anilines is 2. The van der Waals surface area contributed by atoms with Crippen LogP contribution in [0, 0.1) is 24.7 Å². The van der Waals surface area contributed by atoms with Gasteiger partial charge in [-0.15, -0.1) is 12.8 Å². The average Bonchev–Trinajstić information content (AvgIpc) is 3.62. The molecule has 0 aromatic heterocycles. The summed E-state index contributed by atoms with van der Waals surface area (Å²) in [5.74, 6) is 6.03. The zero-order chi connectivity index (χ0) is 37.0. The van der Waals surface area contributed by atoms with Crippen LogP contribution in [0.25, 0.3) is 21.5 Å². The van der Waals surface area contributed by atoms with Gasteiger partial charge >= 0.3 is 0 Å². The topological polar surface area (TPSA) is 83.8 Å². The first-order valence-electron chi connectivity index (χ1n) is 17.7. The average molecular weight is 707 g/mol. The van der Waals surface area contributed by atoms with Crippen molar-refractivity contribution < 1.29 is 19.1 Å². The Kier molecular flexibility index (Phi) is 9.32. The summed E-state index contributed by atoms with van der Waals surface area (Å²) in [6.45, 7) is 1.25. The molecule has 0 spiro atoms. The molecule has 6 aromatic rings. The molecular weight excluding hydrogens is 673 g/mol. The number of hydrogen-bond acceptors (Lipinski definition) is 6. The molecule has 8 nitrogen and oxygen atoms in total. The Labute approximate surface area is 313 Å². The Hall–Kier alpha value is -7.16. The van der Waals surface area contributed by atoms with Gasteiger partial charge in [-0.2, -0.15) is 0 Å². The predicted octanol–water partition coefficient (Wildman–Crippen LogP) is 8.43. The third kappa shape index (κ3) is 6.21. The molecule has 8 rings (SSSR count). The Morgan fingerprint density at radius 2 is 0.907 bits per heavy atom.